The monoisotopic (exact) mass is 455 g/mol. The quantitative estimate of drug-likeness (QED) is 0.608. The Balaban J connectivity index is 1.45. The Morgan fingerprint density at radius 2 is 1.79 bits per heavy atom. The predicted molar refractivity (Wildman–Crippen MR) is 114 cm³/mol. The van der Waals surface area contributed by atoms with E-state index in [9.17, 15) is 23.1 Å². The van der Waals surface area contributed by atoms with Crippen molar-refractivity contribution in [3.05, 3.63) is 71.7 Å². The highest BCUT2D eigenvalue weighted by atomic mass is 19.4. The fourth-order valence-electron chi connectivity index (χ4n) is 4.27. The van der Waals surface area contributed by atoms with E-state index in [0.717, 1.165) is 24.8 Å². The number of carbonyl (C=O) groups is 1. The molecule has 1 fully saturated rings. The highest BCUT2D eigenvalue weighted by Crippen LogP contribution is 2.42. The van der Waals surface area contributed by atoms with Crippen LogP contribution < -0.4 is 9.64 Å². The molecule has 9 heteroatoms. The van der Waals surface area contributed by atoms with Gasteiger partial charge in [0.15, 0.2) is 6.61 Å². The van der Waals surface area contributed by atoms with Gasteiger partial charge in [-0.15, -0.1) is 0 Å². The van der Waals surface area contributed by atoms with Crippen LogP contribution in [0.2, 0.25) is 0 Å². The van der Waals surface area contributed by atoms with E-state index in [1.807, 2.05) is 12.1 Å². The Morgan fingerprint density at radius 1 is 1.06 bits per heavy atom. The van der Waals surface area contributed by atoms with Crippen LogP contribution in [0, 0.1) is 0 Å². The summed E-state index contributed by atoms with van der Waals surface area (Å²) in [4.78, 5) is 22.9. The van der Waals surface area contributed by atoms with Crippen LogP contribution in [0.1, 0.15) is 40.7 Å². The molecule has 3 aromatic rings. The lowest BCUT2D eigenvalue weighted by molar-refractivity contribution is -0.153. The van der Waals surface area contributed by atoms with E-state index in [2.05, 4.69) is 9.97 Å². The molecule has 0 saturated heterocycles. The van der Waals surface area contributed by atoms with Crippen LogP contribution in [-0.2, 0) is 12.1 Å². The van der Waals surface area contributed by atoms with Gasteiger partial charge in [0.25, 0.3) is 5.91 Å². The van der Waals surface area contributed by atoms with Crippen molar-refractivity contribution in [3.8, 4) is 17.0 Å². The summed E-state index contributed by atoms with van der Waals surface area (Å²) in [6.45, 7) is -1.24. The van der Waals surface area contributed by atoms with Crippen LogP contribution in [0.4, 0.5) is 18.9 Å². The predicted octanol–water partition coefficient (Wildman–Crippen LogP) is 4.62. The third-order valence-corrected chi connectivity index (χ3v) is 6.18. The molecule has 0 unspecified atom stereocenters. The van der Waals surface area contributed by atoms with Crippen LogP contribution in [0.25, 0.3) is 11.3 Å². The number of pyridine rings is 2. The number of hydrogen-bond donors (Lipinski definition) is 1. The molecule has 0 bridgehead atoms. The number of aromatic nitrogens is 2. The molecule has 1 aromatic carbocycles. The largest absolute Gasteiger partial charge is 0.482 e. The maximum Gasteiger partial charge on any atom is 0.422 e. The Bertz CT molecular complexity index is 1210. The van der Waals surface area contributed by atoms with E-state index >= 15 is 0 Å². The number of benzene rings is 1. The first-order valence-corrected chi connectivity index (χ1v) is 10.5. The molecule has 33 heavy (non-hydrogen) atoms. The van der Waals surface area contributed by atoms with E-state index in [0.29, 0.717) is 28.1 Å². The van der Waals surface area contributed by atoms with E-state index in [-0.39, 0.29) is 18.2 Å². The number of ether oxygens (including phenoxy) is 1. The van der Waals surface area contributed by atoms with Gasteiger partial charge in [0, 0.05) is 34.8 Å². The third kappa shape index (κ3) is 3.93. The van der Waals surface area contributed by atoms with Gasteiger partial charge in [-0.05, 0) is 49.1 Å². The number of aliphatic hydroxyl groups is 1. The Kier molecular flexibility index (Phi) is 5.08. The first kappa shape index (κ1) is 21.4. The zero-order chi connectivity index (χ0) is 23.2. The van der Waals surface area contributed by atoms with Gasteiger partial charge < -0.3 is 14.7 Å². The van der Waals surface area contributed by atoms with E-state index in [1.165, 1.54) is 24.7 Å². The summed E-state index contributed by atoms with van der Waals surface area (Å²) in [5.74, 6) is -0.282. The average molecular weight is 455 g/mol. The Morgan fingerprint density at radius 3 is 2.45 bits per heavy atom. The maximum atomic E-state index is 13.1. The molecule has 0 spiro atoms. The number of nitrogens with zero attached hydrogens (tertiary/aromatic N) is 3. The Labute approximate surface area is 187 Å². The minimum Gasteiger partial charge on any atom is -0.482 e. The van der Waals surface area contributed by atoms with Gasteiger partial charge in [-0.25, -0.2) is 0 Å². The van der Waals surface area contributed by atoms with Gasteiger partial charge in [-0.3, -0.25) is 14.8 Å². The van der Waals surface area contributed by atoms with E-state index < -0.39 is 18.4 Å². The van der Waals surface area contributed by atoms with E-state index in [4.69, 9.17) is 4.74 Å². The molecule has 1 amide bonds. The molecule has 1 aliphatic heterocycles. The second kappa shape index (κ2) is 7.84. The number of alkyl halides is 3. The van der Waals surface area contributed by atoms with Crippen LogP contribution in [0.15, 0.2) is 55.0 Å². The van der Waals surface area contributed by atoms with Gasteiger partial charge in [-0.1, -0.05) is 12.1 Å². The molecule has 1 saturated carbocycles. The smallest absolute Gasteiger partial charge is 0.422 e. The number of halogens is 3. The minimum absolute atomic E-state index is 0.0558. The third-order valence-electron chi connectivity index (χ3n) is 6.18. The van der Waals surface area contributed by atoms with Crippen LogP contribution >= 0.6 is 0 Å². The lowest BCUT2D eigenvalue weighted by Gasteiger charge is -2.37. The molecule has 0 radical (unpaired) electrons. The van der Waals surface area contributed by atoms with E-state index in [1.54, 1.807) is 23.1 Å². The molecule has 170 valence electrons. The number of carbonyl (C=O) groups excluding carboxylic acids is 1. The van der Waals surface area contributed by atoms with Crippen molar-refractivity contribution in [2.24, 2.45) is 0 Å². The van der Waals surface area contributed by atoms with Gasteiger partial charge in [0.05, 0.1) is 24.0 Å². The molecule has 2 aliphatic rings. The first-order chi connectivity index (χ1) is 15.8. The SMILES string of the molecule is O=C1c2ccnc(-c3ccncc3OCC(F)(F)F)c2CN1c1ccc(C2(O)CCC2)cc1. The van der Waals surface area contributed by atoms with Gasteiger partial charge in [-0.2, -0.15) is 13.2 Å². The summed E-state index contributed by atoms with van der Waals surface area (Å²) >= 11 is 0. The lowest BCUT2D eigenvalue weighted by Crippen LogP contribution is -2.33. The summed E-state index contributed by atoms with van der Waals surface area (Å²) in [6, 6.07) is 10.4. The highest BCUT2D eigenvalue weighted by molar-refractivity contribution is 6.11. The van der Waals surface area contributed by atoms with Crippen LogP contribution in [0.3, 0.4) is 0 Å². The minimum atomic E-state index is -4.50. The zero-order valence-electron chi connectivity index (χ0n) is 17.5. The fraction of sp³-hybridized carbons (Fsp3) is 0.292. The standard InChI is InChI=1S/C24H20F3N3O3/c25-24(26,27)14-33-20-12-28-10-6-18(20)21-19-13-30(22(31)17(19)7-11-29-21)16-4-2-15(3-5-16)23(32)8-1-9-23/h2-7,10-12,32H,1,8-9,13-14H2. The zero-order valence-corrected chi connectivity index (χ0v) is 17.5. The normalized spacial score (nSPS) is 17.0. The first-order valence-electron chi connectivity index (χ1n) is 10.5. The summed E-state index contributed by atoms with van der Waals surface area (Å²) in [6.07, 6.45) is 2.04. The number of amides is 1. The molecule has 3 heterocycles. The maximum absolute atomic E-state index is 13.1. The summed E-state index contributed by atoms with van der Waals surface area (Å²) in [7, 11) is 0. The van der Waals surface area contributed by atoms with Crippen molar-refractivity contribution < 1.29 is 27.8 Å². The van der Waals surface area contributed by atoms with Crippen molar-refractivity contribution in [1.82, 2.24) is 9.97 Å². The molecular weight excluding hydrogens is 435 g/mol. The molecule has 5 rings (SSSR count). The molecule has 2 aromatic heterocycles. The number of fused-ring (bicyclic) bond motifs is 1. The highest BCUT2D eigenvalue weighted by Gasteiger charge is 2.37. The van der Waals surface area contributed by atoms with Gasteiger partial charge in [0.1, 0.15) is 5.75 Å². The van der Waals surface area contributed by atoms with Crippen LogP contribution in [0.5, 0.6) is 5.75 Å². The summed E-state index contributed by atoms with van der Waals surface area (Å²) < 4.78 is 43.0. The van der Waals surface area contributed by atoms with Crippen molar-refractivity contribution in [2.45, 2.75) is 37.6 Å². The average Bonchev–Trinajstić information content (AvgIpc) is 3.13. The summed E-state index contributed by atoms with van der Waals surface area (Å²) in [5, 5.41) is 10.5. The Hall–Kier alpha value is -3.46. The molecule has 1 aliphatic carbocycles. The lowest BCUT2D eigenvalue weighted by atomic mass is 9.75. The van der Waals surface area contributed by atoms with Crippen molar-refractivity contribution in [1.29, 1.82) is 0 Å². The van der Waals surface area contributed by atoms with Crippen molar-refractivity contribution >= 4 is 11.6 Å². The van der Waals surface area contributed by atoms with Crippen molar-refractivity contribution in [3.63, 3.8) is 0 Å². The fourth-order valence-corrected chi connectivity index (χ4v) is 4.27. The van der Waals surface area contributed by atoms with Crippen molar-refractivity contribution in [2.75, 3.05) is 11.5 Å². The molecule has 6 nitrogen and oxygen atoms in total. The number of hydrogen-bond acceptors (Lipinski definition) is 5. The summed E-state index contributed by atoms with van der Waals surface area (Å²) in [5.41, 5.74) is 2.45. The van der Waals surface area contributed by atoms with Gasteiger partial charge >= 0.3 is 6.18 Å². The van der Waals surface area contributed by atoms with Crippen LogP contribution in [-0.4, -0.2) is 33.8 Å². The second-order valence-electron chi connectivity index (χ2n) is 8.28. The molecular formula is C24H20F3N3O3. The topological polar surface area (TPSA) is 75.5 Å². The van der Waals surface area contributed by atoms with Gasteiger partial charge in [0.2, 0.25) is 0 Å². The molecule has 1 N–H and O–H groups in total. The second-order valence-corrected chi connectivity index (χ2v) is 8.28. The number of anilines is 1. The molecule has 0 atom stereocenters. The number of rotatable bonds is 5.